The number of piperidine rings is 1. The molecule has 2 heterocycles. The van der Waals surface area contributed by atoms with Gasteiger partial charge in [-0.15, -0.1) is 0 Å². The molecule has 2 rings (SSSR count). The van der Waals surface area contributed by atoms with Gasteiger partial charge in [0.05, 0.1) is 0 Å². The van der Waals surface area contributed by atoms with E-state index in [-0.39, 0.29) is 0 Å². The van der Waals surface area contributed by atoms with E-state index in [2.05, 4.69) is 41.3 Å². The van der Waals surface area contributed by atoms with E-state index in [0.717, 1.165) is 5.92 Å². The minimum atomic E-state index is 0.639. The fourth-order valence-electron chi connectivity index (χ4n) is 2.45. The average Bonchev–Trinajstić information content (AvgIpc) is 2.39. The van der Waals surface area contributed by atoms with Gasteiger partial charge >= 0.3 is 0 Å². The molecule has 1 N–H and O–H groups in total. The summed E-state index contributed by atoms with van der Waals surface area (Å²) >= 11 is 0. The van der Waals surface area contributed by atoms with Crippen LogP contribution < -0.4 is 10.2 Å². The third-order valence-corrected chi connectivity index (χ3v) is 3.73. The van der Waals surface area contributed by atoms with Gasteiger partial charge in [-0.3, -0.25) is 4.98 Å². The molecular weight excluding hydrogens is 198 g/mol. The van der Waals surface area contributed by atoms with Crippen LogP contribution in [-0.4, -0.2) is 31.2 Å². The van der Waals surface area contributed by atoms with Crippen molar-refractivity contribution >= 4 is 5.69 Å². The molecule has 1 saturated heterocycles. The molecule has 1 aliphatic heterocycles. The lowest BCUT2D eigenvalue weighted by molar-refractivity contribution is 0.323. The van der Waals surface area contributed by atoms with Crippen molar-refractivity contribution in [3.05, 3.63) is 24.5 Å². The number of pyridine rings is 1. The van der Waals surface area contributed by atoms with Gasteiger partial charge in [0.1, 0.15) is 0 Å². The second kappa shape index (κ2) is 5.30. The monoisotopic (exact) mass is 219 g/mol. The van der Waals surface area contributed by atoms with E-state index in [1.54, 1.807) is 0 Å². The molecular formula is C13H21N3. The van der Waals surface area contributed by atoms with Crippen LogP contribution in [0.15, 0.2) is 24.5 Å². The van der Waals surface area contributed by atoms with Crippen molar-refractivity contribution in [3.63, 3.8) is 0 Å². The summed E-state index contributed by atoms with van der Waals surface area (Å²) in [5.41, 5.74) is 1.31. The van der Waals surface area contributed by atoms with Crippen molar-refractivity contribution in [2.75, 3.05) is 25.0 Å². The Morgan fingerprint density at radius 3 is 2.50 bits per heavy atom. The van der Waals surface area contributed by atoms with E-state index in [0.29, 0.717) is 6.04 Å². The number of anilines is 1. The Kier molecular flexibility index (Phi) is 3.78. The maximum atomic E-state index is 4.06. The largest absolute Gasteiger partial charge is 0.371 e. The number of aromatic nitrogens is 1. The summed E-state index contributed by atoms with van der Waals surface area (Å²) in [6.07, 6.45) is 6.31. The second-order valence-electron chi connectivity index (χ2n) is 4.61. The number of hydrogen-bond donors (Lipinski definition) is 1. The molecule has 1 aliphatic rings. The summed E-state index contributed by atoms with van der Waals surface area (Å²) in [6.45, 7) is 4.62. The standard InChI is InChI=1S/C13H21N3/c1-11(14-2)12-5-9-16(10-6-12)13-3-7-15-8-4-13/h3-4,7-8,11-12,14H,5-6,9-10H2,1-2H3. The highest BCUT2D eigenvalue weighted by Crippen LogP contribution is 2.24. The van der Waals surface area contributed by atoms with Crippen LogP contribution in [0.25, 0.3) is 0 Å². The van der Waals surface area contributed by atoms with Gasteiger partial charge in [0, 0.05) is 37.2 Å². The molecule has 1 fully saturated rings. The maximum absolute atomic E-state index is 4.06. The van der Waals surface area contributed by atoms with Crippen molar-refractivity contribution in [2.24, 2.45) is 5.92 Å². The van der Waals surface area contributed by atoms with Gasteiger partial charge in [-0.05, 0) is 44.9 Å². The van der Waals surface area contributed by atoms with E-state index in [9.17, 15) is 0 Å². The summed E-state index contributed by atoms with van der Waals surface area (Å²) in [5.74, 6) is 0.822. The molecule has 0 bridgehead atoms. The quantitative estimate of drug-likeness (QED) is 0.841. The molecule has 0 saturated carbocycles. The van der Waals surface area contributed by atoms with E-state index in [4.69, 9.17) is 0 Å². The molecule has 16 heavy (non-hydrogen) atoms. The maximum Gasteiger partial charge on any atom is 0.0397 e. The van der Waals surface area contributed by atoms with Gasteiger partial charge in [-0.25, -0.2) is 0 Å². The Hall–Kier alpha value is -1.09. The number of hydrogen-bond acceptors (Lipinski definition) is 3. The average molecular weight is 219 g/mol. The first kappa shape index (κ1) is 11.4. The van der Waals surface area contributed by atoms with Crippen molar-refractivity contribution in [1.29, 1.82) is 0 Å². The van der Waals surface area contributed by atoms with Gasteiger partial charge in [0.25, 0.3) is 0 Å². The van der Waals surface area contributed by atoms with Crippen LogP contribution in [0.2, 0.25) is 0 Å². The van der Waals surface area contributed by atoms with Crippen LogP contribution in [0, 0.1) is 5.92 Å². The lowest BCUT2D eigenvalue weighted by Crippen LogP contribution is -2.40. The molecule has 1 aromatic rings. The Morgan fingerprint density at radius 1 is 1.31 bits per heavy atom. The molecule has 0 spiro atoms. The lowest BCUT2D eigenvalue weighted by atomic mass is 9.90. The van der Waals surface area contributed by atoms with Crippen molar-refractivity contribution < 1.29 is 0 Å². The topological polar surface area (TPSA) is 28.2 Å². The molecule has 0 aromatic carbocycles. The molecule has 0 aliphatic carbocycles. The van der Waals surface area contributed by atoms with Crippen LogP contribution in [0.3, 0.4) is 0 Å². The molecule has 3 heteroatoms. The fourth-order valence-corrected chi connectivity index (χ4v) is 2.45. The van der Waals surface area contributed by atoms with Gasteiger partial charge in [-0.2, -0.15) is 0 Å². The highest BCUT2D eigenvalue weighted by molar-refractivity contribution is 5.44. The Bertz CT molecular complexity index is 304. The summed E-state index contributed by atoms with van der Waals surface area (Å²) in [4.78, 5) is 6.52. The normalized spacial score (nSPS) is 19.8. The Balaban J connectivity index is 1.91. The molecule has 1 unspecified atom stereocenters. The first-order valence-electron chi connectivity index (χ1n) is 6.13. The van der Waals surface area contributed by atoms with Crippen molar-refractivity contribution in [1.82, 2.24) is 10.3 Å². The van der Waals surface area contributed by atoms with E-state index in [1.807, 2.05) is 12.4 Å². The van der Waals surface area contributed by atoms with Gasteiger partial charge in [0.2, 0.25) is 0 Å². The first-order chi connectivity index (χ1) is 7.81. The second-order valence-corrected chi connectivity index (χ2v) is 4.61. The summed E-state index contributed by atoms with van der Waals surface area (Å²) in [7, 11) is 2.06. The minimum absolute atomic E-state index is 0.639. The van der Waals surface area contributed by atoms with Crippen molar-refractivity contribution in [2.45, 2.75) is 25.8 Å². The van der Waals surface area contributed by atoms with Gasteiger partial charge < -0.3 is 10.2 Å². The molecule has 0 amide bonds. The van der Waals surface area contributed by atoms with Gasteiger partial charge in [-0.1, -0.05) is 0 Å². The van der Waals surface area contributed by atoms with E-state index < -0.39 is 0 Å². The van der Waals surface area contributed by atoms with Crippen molar-refractivity contribution in [3.8, 4) is 0 Å². The van der Waals surface area contributed by atoms with Crippen LogP contribution in [0.1, 0.15) is 19.8 Å². The Labute approximate surface area is 97.9 Å². The van der Waals surface area contributed by atoms with Crippen LogP contribution in [0.5, 0.6) is 0 Å². The predicted octanol–water partition coefficient (Wildman–Crippen LogP) is 1.91. The molecule has 1 aromatic heterocycles. The molecule has 0 radical (unpaired) electrons. The number of nitrogens with one attached hydrogen (secondary N) is 1. The molecule has 1 atom stereocenters. The van der Waals surface area contributed by atoms with E-state index in [1.165, 1.54) is 31.6 Å². The third kappa shape index (κ3) is 2.53. The zero-order valence-electron chi connectivity index (χ0n) is 10.2. The third-order valence-electron chi connectivity index (χ3n) is 3.73. The summed E-state index contributed by atoms with van der Waals surface area (Å²) < 4.78 is 0. The number of nitrogens with zero attached hydrogens (tertiary/aromatic N) is 2. The lowest BCUT2D eigenvalue weighted by Gasteiger charge is -2.36. The number of rotatable bonds is 3. The zero-order valence-corrected chi connectivity index (χ0v) is 10.2. The minimum Gasteiger partial charge on any atom is -0.371 e. The Morgan fingerprint density at radius 2 is 1.94 bits per heavy atom. The van der Waals surface area contributed by atoms with Crippen LogP contribution in [-0.2, 0) is 0 Å². The van der Waals surface area contributed by atoms with E-state index >= 15 is 0 Å². The molecule has 88 valence electrons. The smallest absolute Gasteiger partial charge is 0.0397 e. The highest BCUT2D eigenvalue weighted by atomic mass is 15.1. The predicted molar refractivity (Wildman–Crippen MR) is 67.7 cm³/mol. The summed E-state index contributed by atoms with van der Waals surface area (Å²) in [5, 5.41) is 3.36. The SMILES string of the molecule is CNC(C)C1CCN(c2ccncc2)CC1. The summed E-state index contributed by atoms with van der Waals surface area (Å²) in [6, 6.07) is 4.84. The first-order valence-corrected chi connectivity index (χ1v) is 6.13. The van der Waals surface area contributed by atoms with Crippen LogP contribution in [0.4, 0.5) is 5.69 Å². The van der Waals surface area contributed by atoms with Crippen LogP contribution >= 0.6 is 0 Å². The highest BCUT2D eigenvalue weighted by Gasteiger charge is 2.22. The van der Waals surface area contributed by atoms with Gasteiger partial charge in [0.15, 0.2) is 0 Å². The fraction of sp³-hybridized carbons (Fsp3) is 0.615. The zero-order chi connectivity index (χ0) is 11.4. The molecule has 3 nitrogen and oxygen atoms in total.